The Hall–Kier alpha value is -1.75. The summed E-state index contributed by atoms with van der Waals surface area (Å²) < 4.78 is 10.9. The van der Waals surface area contributed by atoms with Crippen molar-refractivity contribution in [3.05, 3.63) is 24.3 Å². The Bertz CT molecular complexity index is 436. The number of rotatable bonds is 5. The second kappa shape index (κ2) is 6.43. The number of nitrogen functional groups attached to an aromatic ring is 1. The Morgan fingerprint density at radius 3 is 3.11 bits per heavy atom. The molecule has 1 aromatic rings. The summed E-state index contributed by atoms with van der Waals surface area (Å²) in [4.78, 5) is 11.8. The van der Waals surface area contributed by atoms with E-state index < -0.39 is 0 Å². The Labute approximate surface area is 113 Å². The van der Waals surface area contributed by atoms with Crippen molar-refractivity contribution >= 4 is 11.6 Å². The van der Waals surface area contributed by atoms with Crippen LogP contribution in [0.25, 0.3) is 0 Å². The lowest BCUT2D eigenvalue weighted by Gasteiger charge is -2.10. The van der Waals surface area contributed by atoms with Crippen molar-refractivity contribution in [1.82, 2.24) is 5.32 Å². The molecule has 104 valence electrons. The molecule has 2 rings (SSSR count). The predicted molar refractivity (Wildman–Crippen MR) is 72.9 cm³/mol. The molecular formula is C14H20N2O3. The van der Waals surface area contributed by atoms with E-state index >= 15 is 0 Å². The zero-order valence-electron chi connectivity index (χ0n) is 11.1. The smallest absolute Gasteiger partial charge is 0.225 e. The van der Waals surface area contributed by atoms with Crippen LogP contribution in [0.15, 0.2) is 24.3 Å². The second-order valence-electron chi connectivity index (χ2n) is 4.79. The molecule has 1 saturated heterocycles. The Balaban J connectivity index is 1.65. The summed E-state index contributed by atoms with van der Waals surface area (Å²) in [5.41, 5.74) is 6.31. The van der Waals surface area contributed by atoms with Crippen LogP contribution in [-0.2, 0) is 9.53 Å². The van der Waals surface area contributed by atoms with Crippen LogP contribution in [0.4, 0.5) is 5.69 Å². The van der Waals surface area contributed by atoms with Gasteiger partial charge in [-0.15, -0.1) is 0 Å². The van der Waals surface area contributed by atoms with Crippen LogP contribution >= 0.6 is 0 Å². The largest absolute Gasteiger partial charge is 0.492 e. The minimum Gasteiger partial charge on any atom is -0.492 e. The number of anilines is 1. The topological polar surface area (TPSA) is 73.6 Å². The number of hydrogen-bond donors (Lipinski definition) is 2. The summed E-state index contributed by atoms with van der Waals surface area (Å²) in [7, 11) is 0. The first-order valence-electron chi connectivity index (χ1n) is 6.53. The number of hydrogen-bond acceptors (Lipinski definition) is 4. The van der Waals surface area contributed by atoms with Crippen LogP contribution in [-0.4, -0.2) is 31.8 Å². The number of amides is 1. The summed E-state index contributed by atoms with van der Waals surface area (Å²) >= 11 is 0. The van der Waals surface area contributed by atoms with Crippen LogP contribution in [0.2, 0.25) is 0 Å². The molecular weight excluding hydrogens is 244 g/mol. The normalized spacial score (nSPS) is 22.2. The van der Waals surface area contributed by atoms with Crippen LogP contribution in [0.3, 0.4) is 0 Å². The maximum atomic E-state index is 11.8. The average Bonchev–Trinajstić information content (AvgIpc) is 2.81. The lowest BCUT2D eigenvalue weighted by molar-refractivity contribution is -0.125. The molecule has 5 nitrogen and oxygen atoms in total. The van der Waals surface area contributed by atoms with Gasteiger partial charge in [0.1, 0.15) is 12.4 Å². The van der Waals surface area contributed by atoms with E-state index in [0.29, 0.717) is 31.2 Å². The molecule has 0 radical (unpaired) electrons. The molecule has 0 saturated carbocycles. The summed E-state index contributed by atoms with van der Waals surface area (Å²) in [5.74, 6) is 0.731. The van der Waals surface area contributed by atoms with Crippen molar-refractivity contribution in [3.63, 3.8) is 0 Å². The van der Waals surface area contributed by atoms with Crippen LogP contribution < -0.4 is 15.8 Å². The van der Waals surface area contributed by atoms with Gasteiger partial charge in [-0.1, -0.05) is 6.07 Å². The van der Waals surface area contributed by atoms with Gasteiger partial charge in [0.2, 0.25) is 5.91 Å². The number of nitrogens with one attached hydrogen (secondary N) is 1. The Kier molecular flexibility index (Phi) is 4.63. The summed E-state index contributed by atoms with van der Waals surface area (Å²) in [6.07, 6.45) is 0.973. The molecule has 19 heavy (non-hydrogen) atoms. The standard InChI is InChI=1S/C14H20N2O3/c1-10-7-11(9-19-10)14(17)16-5-6-18-13-4-2-3-12(15)8-13/h2-4,8,10-11H,5-7,9,15H2,1H3,(H,16,17). The van der Waals surface area contributed by atoms with Crippen LogP contribution in [0, 0.1) is 5.92 Å². The summed E-state index contributed by atoms with van der Waals surface area (Å²) in [6, 6.07) is 7.23. The van der Waals surface area contributed by atoms with Crippen LogP contribution in [0.5, 0.6) is 5.75 Å². The first kappa shape index (κ1) is 13.7. The molecule has 3 N–H and O–H groups in total. The van der Waals surface area contributed by atoms with Gasteiger partial charge in [-0.2, -0.15) is 0 Å². The van der Waals surface area contributed by atoms with Crippen molar-refractivity contribution in [2.24, 2.45) is 5.92 Å². The molecule has 2 unspecified atom stereocenters. The van der Waals surface area contributed by atoms with E-state index in [2.05, 4.69) is 5.32 Å². The lowest BCUT2D eigenvalue weighted by Crippen LogP contribution is -2.34. The molecule has 5 heteroatoms. The highest BCUT2D eigenvalue weighted by Gasteiger charge is 2.27. The molecule has 0 bridgehead atoms. The maximum absolute atomic E-state index is 11.8. The van der Waals surface area contributed by atoms with Crippen molar-refractivity contribution in [2.75, 3.05) is 25.5 Å². The zero-order valence-corrected chi connectivity index (χ0v) is 11.1. The van der Waals surface area contributed by atoms with Crippen molar-refractivity contribution in [1.29, 1.82) is 0 Å². The van der Waals surface area contributed by atoms with Gasteiger partial charge in [-0.25, -0.2) is 0 Å². The number of carbonyl (C=O) groups excluding carboxylic acids is 1. The number of carbonyl (C=O) groups is 1. The fraction of sp³-hybridized carbons (Fsp3) is 0.500. The van der Waals surface area contributed by atoms with Crippen molar-refractivity contribution in [2.45, 2.75) is 19.4 Å². The van der Waals surface area contributed by atoms with Gasteiger partial charge in [0.25, 0.3) is 0 Å². The van der Waals surface area contributed by atoms with E-state index in [9.17, 15) is 4.79 Å². The molecule has 1 amide bonds. The third kappa shape index (κ3) is 4.13. The fourth-order valence-corrected chi connectivity index (χ4v) is 2.09. The molecule has 0 aliphatic carbocycles. The van der Waals surface area contributed by atoms with E-state index in [1.54, 1.807) is 12.1 Å². The molecule has 0 spiro atoms. The Morgan fingerprint density at radius 1 is 1.58 bits per heavy atom. The van der Waals surface area contributed by atoms with E-state index in [0.717, 1.165) is 6.42 Å². The maximum Gasteiger partial charge on any atom is 0.225 e. The lowest BCUT2D eigenvalue weighted by atomic mass is 10.1. The highest BCUT2D eigenvalue weighted by molar-refractivity contribution is 5.79. The monoisotopic (exact) mass is 264 g/mol. The number of nitrogens with two attached hydrogens (primary N) is 1. The second-order valence-corrected chi connectivity index (χ2v) is 4.79. The number of benzene rings is 1. The van der Waals surface area contributed by atoms with Gasteiger partial charge in [0, 0.05) is 11.8 Å². The highest BCUT2D eigenvalue weighted by atomic mass is 16.5. The third-order valence-electron chi connectivity index (χ3n) is 3.10. The van der Waals surface area contributed by atoms with Crippen LogP contribution in [0.1, 0.15) is 13.3 Å². The van der Waals surface area contributed by atoms with E-state index in [1.807, 2.05) is 19.1 Å². The molecule has 2 atom stereocenters. The van der Waals surface area contributed by atoms with E-state index in [4.69, 9.17) is 15.2 Å². The first-order valence-corrected chi connectivity index (χ1v) is 6.53. The quantitative estimate of drug-likeness (QED) is 0.619. The van der Waals surface area contributed by atoms with E-state index in [-0.39, 0.29) is 17.9 Å². The zero-order chi connectivity index (χ0) is 13.7. The van der Waals surface area contributed by atoms with Crippen molar-refractivity contribution in [3.8, 4) is 5.75 Å². The molecule has 1 fully saturated rings. The number of ether oxygens (including phenoxy) is 2. The summed E-state index contributed by atoms with van der Waals surface area (Å²) in [5, 5.41) is 2.85. The first-order chi connectivity index (χ1) is 9.15. The predicted octanol–water partition coefficient (Wildman–Crippen LogP) is 1.19. The van der Waals surface area contributed by atoms with Gasteiger partial charge in [0.15, 0.2) is 0 Å². The average molecular weight is 264 g/mol. The SMILES string of the molecule is CC1CC(C(=O)NCCOc2cccc(N)c2)CO1. The third-order valence-corrected chi connectivity index (χ3v) is 3.10. The minimum atomic E-state index is -0.0256. The van der Waals surface area contributed by atoms with Crippen molar-refractivity contribution < 1.29 is 14.3 Å². The van der Waals surface area contributed by atoms with Gasteiger partial charge < -0.3 is 20.5 Å². The van der Waals surface area contributed by atoms with Gasteiger partial charge in [-0.3, -0.25) is 4.79 Å². The molecule has 1 aliphatic heterocycles. The fourth-order valence-electron chi connectivity index (χ4n) is 2.09. The van der Waals surface area contributed by atoms with Gasteiger partial charge in [0.05, 0.1) is 25.2 Å². The minimum absolute atomic E-state index is 0.0256. The molecule has 1 aliphatic rings. The highest BCUT2D eigenvalue weighted by Crippen LogP contribution is 2.18. The molecule has 1 aromatic carbocycles. The molecule has 1 heterocycles. The van der Waals surface area contributed by atoms with Gasteiger partial charge >= 0.3 is 0 Å². The summed E-state index contributed by atoms with van der Waals surface area (Å²) in [6.45, 7) is 3.41. The van der Waals surface area contributed by atoms with E-state index in [1.165, 1.54) is 0 Å². The van der Waals surface area contributed by atoms with Gasteiger partial charge in [-0.05, 0) is 25.5 Å². The molecule has 0 aromatic heterocycles. The Morgan fingerprint density at radius 2 is 2.42 bits per heavy atom.